The van der Waals surface area contributed by atoms with E-state index in [1.807, 2.05) is 26.1 Å². The summed E-state index contributed by atoms with van der Waals surface area (Å²) in [6.07, 6.45) is 1.78. The number of likely N-dealkylation sites (N-methyl/N-ethyl adjacent to an activating group) is 1. The summed E-state index contributed by atoms with van der Waals surface area (Å²) in [5.74, 6) is 0.584. The Labute approximate surface area is 169 Å². The minimum Gasteiger partial charge on any atom is -0.494 e. The number of aryl methyl sites for hydroxylation is 2. The van der Waals surface area contributed by atoms with Gasteiger partial charge in [0.15, 0.2) is 10.8 Å². The number of thiazole rings is 1. The number of anilines is 1. The van der Waals surface area contributed by atoms with Crippen LogP contribution in [0.25, 0.3) is 10.2 Å². The summed E-state index contributed by atoms with van der Waals surface area (Å²) in [6.45, 7) is 9.50. The van der Waals surface area contributed by atoms with Crippen molar-refractivity contribution in [2.45, 2.75) is 20.8 Å². The van der Waals surface area contributed by atoms with Gasteiger partial charge in [0, 0.05) is 26.3 Å². The number of carbonyl (C=O) groups excluding carboxylic acids is 1. The lowest BCUT2D eigenvalue weighted by molar-refractivity contribution is 0.0978. The van der Waals surface area contributed by atoms with Crippen molar-refractivity contribution >= 4 is 32.6 Å². The summed E-state index contributed by atoms with van der Waals surface area (Å²) < 4.78 is 8.15. The number of hydrogen-bond donors (Lipinski definition) is 0. The van der Waals surface area contributed by atoms with Crippen molar-refractivity contribution in [1.82, 2.24) is 19.7 Å². The predicted molar refractivity (Wildman–Crippen MR) is 114 cm³/mol. The van der Waals surface area contributed by atoms with Crippen molar-refractivity contribution in [3.63, 3.8) is 0 Å². The van der Waals surface area contributed by atoms with Gasteiger partial charge >= 0.3 is 0 Å². The third kappa shape index (κ3) is 4.02. The normalized spacial score (nSPS) is 11.4. The number of nitrogens with zero attached hydrogens (tertiary/aromatic N) is 5. The Morgan fingerprint density at radius 3 is 2.57 bits per heavy atom. The van der Waals surface area contributed by atoms with Gasteiger partial charge in [0.05, 0.1) is 11.8 Å². The molecule has 1 amide bonds. The molecule has 3 aromatic rings. The largest absolute Gasteiger partial charge is 0.494 e. The van der Waals surface area contributed by atoms with Crippen LogP contribution in [0.2, 0.25) is 0 Å². The smallest absolute Gasteiger partial charge is 0.280 e. The lowest BCUT2D eigenvalue weighted by Gasteiger charge is -2.24. The number of fused-ring (bicyclic) bond motifs is 1. The van der Waals surface area contributed by atoms with Crippen molar-refractivity contribution in [1.29, 1.82) is 0 Å². The molecular formula is C20H27N5O2S. The molecule has 3 rings (SSSR count). The molecule has 0 bridgehead atoms. The van der Waals surface area contributed by atoms with Gasteiger partial charge in [0.25, 0.3) is 5.91 Å². The van der Waals surface area contributed by atoms with Crippen LogP contribution in [0, 0.1) is 6.92 Å². The first-order valence-electron chi connectivity index (χ1n) is 9.46. The summed E-state index contributed by atoms with van der Waals surface area (Å²) in [7, 11) is 3.45. The van der Waals surface area contributed by atoms with Gasteiger partial charge in [-0.3, -0.25) is 14.4 Å². The molecule has 150 valence electrons. The molecule has 1 aromatic carbocycles. The Bertz CT molecular complexity index is 961. The zero-order valence-corrected chi connectivity index (χ0v) is 17.9. The maximum Gasteiger partial charge on any atom is 0.280 e. The second kappa shape index (κ2) is 8.70. The number of methoxy groups -OCH3 is 1. The lowest BCUT2D eigenvalue weighted by atomic mass is 10.2. The molecule has 0 N–H and O–H groups in total. The summed E-state index contributed by atoms with van der Waals surface area (Å²) >= 11 is 1.52. The Kier molecular flexibility index (Phi) is 6.31. The molecule has 0 fully saturated rings. The van der Waals surface area contributed by atoms with Crippen LogP contribution in [0.3, 0.4) is 0 Å². The Morgan fingerprint density at radius 1 is 1.21 bits per heavy atom. The average molecular weight is 402 g/mol. The first kappa shape index (κ1) is 20.3. The number of hydrogen-bond acceptors (Lipinski definition) is 6. The Hall–Kier alpha value is -2.45. The molecule has 28 heavy (non-hydrogen) atoms. The van der Waals surface area contributed by atoms with Crippen LogP contribution in [-0.4, -0.2) is 58.9 Å². The highest BCUT2D eigenvalue weighted by atomic mass is 32.1. The Balaban J connectivity index is 2.01. The maximum atomic E-state index is 13.2. The minimum absolute atomic E-state index is 0.136. The van der Waals surface area contributed by atoms with Gasteiger partial charge < -0.3 is 9.64 Å². The van der Waals surface area contributed by atoms with Crippen LogP contribution >= 0.6 is 11.3 Å². The molecule has 2 aromatic heterocycles. The van der Waals surface area contributed by atoms with Crippen LogP contribution in [0.5, 0.6) is 5.75 Å². The number of aromatic nitrogens is 3. The van der Waals surface area contributed by atoms with Gasteiger partial charge in [0.2, 0.25) is 0 Å². The molecule has 0 radical (unpaired) electrons. The molecule has 0 unspecified atom stereocenters. The highest BCUT2D eigenvalue weighted by Crippen LogP contribution is 2.36. The molecule has 2 heterocycles. The Morgan fingerprint density at radius 2 is 1.96 bits per heavy atom. The fraction of sp³-hybridized carbons (Fsp3) is 0.450. The summed E-state index contributed by atoms with van der Waals surface area (Å²) in [6, 6.07) is 5.68. The zero-order valence-electron chi connectivity index (χ0n) is 17.1. The number of amides is 1. The first-order chi connectivity index (χ1) is 13.5. The van der Waals surface area contributed by atoms with Crippen molar-refractivity contribution in [3.05, 3.63) is 35.7 Å². The SMILES string of the molecule is CCN(CC)CCN(C(=O)c1ccn(C)n1)c1nc2c(OC)ccc(C)c2s1. The molecule has 0 spiro atoms. The molecule has 0 atom stereocenters. The second-order valence-corrected chi connectivity index (χ2v) is 7.59. The van der Waals surface area contributed by atoms with Crippen LogP contribution in [0.15, 0.2) is 24.4 Å². The summed E-state index contributed by atoms with van der Waals surface area (Å²) in [5, 5.41) is 4.97. The molecular weight excluding hydrogens is 374 g/mol. The van der Waals surface area contributed by atoms with Gasteiger partial charge in [-0.2, -0.15) is 5.10 Å². The molecule has 0 aliphatic rings. The number of ether oxygens (including phenoxy) is 1. The van der Waals surface area contributed by atoms with E-state index in [-0.39, 0.29) is 5.91 Å². The molecule has 0 saturated heterocycles. The number of rotatable bonds is 8. The van der Waals surface area contributed by atoms with E-state index in [2.05, 4.69) is 23.8 Å². The second-order valence-electron chi connectivity index (χ2n) is 6.62. The summed E-state index contributed by atoms with van der Waals surface area (Å²) in [5.41, 5.74) is 2.34. The molecule has 0 saturated carbocycles. The highest BCUT2D eigenvalue weighted by molar-refractivity contribution is 7.22. The predicted octanol–water partition coefficient (Wildman–Crippen LogP) is 3.34. The van der Waals surface area contributed by atoms with Crippen molar-refractivity contribution in [2.75, 3.05) is 38.2 Å². The van der Waals surface area contributed by atoms with E-state index in [9.17, 15) is 4.79 Å². The van der Waals surface area contributed by atoms with E-state index >= 15 is 0 Å². The molecule has 7 nitrogen and oxygen atoms in total. The van der Waals surface area contributed by atoms with Gasteiger partial charge in [-0.1, -0.05) is 31.3 Å². The third-order valence-electron chi connectivity index (χ3n) is 4.86. The highest BCUT2D eigenvalue weighted by Gasteiger charge is 2.24. The van der Waals surface area contributed by atoms with Gasteiger partial charge in [-0.25, -0.2) is 4.98 Å². The van der Waals surface area contributed by atoms with Crippen molar-refractivity contribution in [2.24, 2.45) is 7.05 Å². The zero-order chi connectivity index (χ0) is 20.3. The van der Waals surface area contributed by atoms with Crippen LogP contribution in [-0.2, 0) is 7.05 Å². The van der Waals surface area contributed by atoms with E-state index < -0.39 is 0 Å². The fourth-order valence-electron chi connectivity index (χ4n) is 3.11. The van der Waals surface area contributed by atoms with Gasteiger partial charge in [-0.15, -0.1) is 0 Å². The minimum atomic E-state index is -0.136. The maximum absolute atomic E-state index is 13.2. The van der Waals surface area contributed by atoms with E-state index in [0.29, 0.717) is 17.4 Å². The van der Waals surface area contributed by atoms with E-state index in [1.165, 1.54) is 11.3 Å². The van der Waals surface area contributed by atoms with Crippen LogP contribution < -0.4 is 9.64 Å². The van der Waals surface area contributed by atoms with Crippen LogP contribution in [0.1, 0.15) is 29.9 Å². The number of carbonyl (C=O) groups is 1. The van der Waals surface area contributed by atoms with E-state index in [0.717, 1.165) is 41.2 Å². The standard InChI is InChI=1S/C20H27N5O2S/c1-6-24(7-2)12-13-25(19(26)15-10-11-23(4)22-15)20-21-17-16(27-5)9-8-14(3)18(17)28-20/h8-11H,6-7,12-13H2,1-5H3. The molecule has 0 aliphatic heterocycles. The third-order valence-corrected chi connectivity index (χ3v) is 6.07. The van der Waals surface area contributed by atoms with E-state index in [4.69, 9.17) is 9.72 Å². The van der Waals surface area contributed by atoms with E-state index in [1.54, 1.807) is 29.0 Å². The first-order valence-corrected chi connectivity index (χ1v) is 10.3. The topological polar surface area (TPSA) is 63.5 Å². The molecule has 8 heteroatoms. The summed E-state index contributed by atoms with van der Waals surface area (Å²) in [4.78, 5) is 22.0. The lowest BCUT2D eigenvalue weighted by Crippen LogP contribution is -2.39. The monoisotopic (exact) mass is 401 g/mol. The van der Waals surface area contributed by atoms with Crippen molar-refractivity contribution < 1.29 is 9.53 Å². The van der Waals surface area contributed by atoms with Crippen molar-refractivity contribution in [3.8, 4) is 5.75 Å². The van der Waals surface area contributed by atoms with Crippen LogP contribution in [0.4, 0.5) is 5.13 Å². The quantitative estimate of drug-likeness (QED) is 0.579. The number of benzene rings is 1. The van der Waals surface area contributed by atoms with Gasteiger partial charge in [-0.05, 0) is 37.7 Å². The fourth-order valence-corrected chi connectivity index (χ4v) is 4.19. The molecule has 0 aliphatic carbocycles. The van der Waals surface area contributed by atoms with Gasteiger partial charge in [0.1, 0.15) is 11.3 Å². The average Bonchev–Trinajstić information content (AvgIpc) is 3.32.